The van der Waals surface area contributed by atoms with Crippen LogP contribution in [0.15, 0.2) is 54.1 Å². The Hall–Kier alpha value is -3.41. The molecule has 2 aromatic carbocycles. The van der Waals surface area contributed by atoms with Crippen LogP contribution in [0.3, 0.4) is 0 Å². The second-order valence-corrected chi connectivity index (χ2v) is 10.0. The van der Waals surface area contributed by atoms with Gasteiger partial charge in [0.1, 0.15) is 0 Å². The van der Waals surface area contributed by atoms with Crippen molar-refractivity contribution in [3.63, 3.8) is 0 Å². The van der Waals surface area contributed by atoms with E-state index in [1.54, 1.807) is 18.2 Å². The SMILES string of the molecule is Cc1cccc(N2CCN(C(=O)c3ccc4c(c3)C(=O)N(CCC3=CCCCC3)C4=O)C[C@H]2C)c1. The number of rotatable bonds is 5. The molecule has 0 unspecified atom stereocenters. The van der Waals surface area contributed by atoms with Gasteiger partial charge in [-0.2, -0.15) is 0 Å². The average molecular weight is 472 g/mol. The molecule has 0 saturated carbocycles. The fourth-order valence-corrected chi connectivity index (χ4v) is 5.53. The van der Waals surface area contributed by atoms with Crippen molar-refractivity contribution >= 4 is 23.4 Å². The molecule has 1 saturated heterocycles. The molecular weight excluding hydrogens is 438 g/mol. The summed E-state index contributed by atoms with van der Waals surface area (Å²) < 4.78 is 0. The number of nitrogens with zero attached hydrogens (tertiary/aromatic N) is 3. The summed E-state index contributed by atoms with van der Waals surface area (Å²) in [5, 5.41) is 0. The predicted octanol–water partition coefficient (Wildman–Crippen LogP) is 4.83. The van der Waals surface area contributed by atoms with Crippen molar-refractivity contribution in [2.45, 2.75) is 52.0 Å². The molecule has 2 aromatic rings. The standard InChI is InChI=1S/C29H33N3O3/c1-20-7-6-10-24(17-20)31-16-15-30(19-21(31)2)27(33)23-11-12-25-26(18-23)29(35)32(28(25)34)14-13-22-8-4-3-5-9-22/h6-8,10-12,17-18,21H,3-5,9,13-16,19H2,1-2H3/t21-/m1/s1. The van der Waals surface area contributed by atoms with E-state index in [9.17, 15) is 14.4 Å². The zero-order valence-electron chi connectivity index (χ0n) is 20.6. The van der Waals surface area contributed by atoms with E-state index in [1.807, 2.05) is 4.90 Å². The lowest BCUT2D eigenvalue weighted by Crippen LogP contribution is -2.53. The van der Waals surface area contributed by atoms with Gasteiger partial charge in [0, 0.05) is 43.5 Å². The van der Waals surface area contributed by atoms with Gasteiger partial charge in [0.2, 0.25) is 0 Å². The number of hydrogen-bond donors (Lipinski definition) is 0. The maximum absolute atomic E-state index is 13.3. The minimum absolute atomic E-state index is 0.0883. The molecule has 0 bridgehead atoms. The summed E-state index contributed by atoms with van der Waals surface area (Å²) in [4.78, 5) is 44.8. The largest absolute Gasteiger partial charge is 0.365 e. The van der Waals surface area contributed by atoms with E-state index < -0.39 is 0 Å². The molecule has 6 heteroatoms. The van der Waals surface area contributed by atoms with Crippen LogP contribution in [0, 0.1) is 6.92 Å². The van der Waals surface area contributed by atoms with Gasteiger partial charge in [-0.15, -0.1) is 0 Å². The fourth-order valence-electron chi connectivity index (χ4n) is 5.53. The summed E-state index contributed by atoms with van der Waals surface area (Å²) in [6.45, 7) is 6.59. The molecule has 3 aliphatic rings. The molecule has 35 heavy (non-hydrogen) atoms. The second-order valence-electron chi connectivity index (χ2n) is 10.0. The maximum atomic E-state index is 13.3. The van der Waals surface area contributed by atoms with Crippen molar-refractivity contribution in [3.8, 4) is 0 Å². The van der Waals surface area contributed by atoms with E-state index in [1.165, 1.54) is 34.6 Å². The Balaban J connectivity index is 1.26. The third kappa shape index (κ3) is 4.62. The normalized spacial score (nSPS) is 20.2. The highest BCUT2D eigenvalue weighted by Crippen LogP contribution is 2.28. The van der Waals surface area contributed by atoms with E-state index in [-0.39, 0.29) is 23.8 Å². The van der Waals surface area contributed by atoms with Crippen LogP contribution in [0.2, 0.25) is 0 Å². The first-order valence-corrected chi connectivity index (χ1v) is 12.7. The Labute approximate surface area is 207 Å². The van der Waals surface area contributed by atoms with Gasteiger partial charge >= 0.3 is 0 Å². The molecule has 2 aliphatic heterocycles. The van der Waals surface area contributed by atoms with Crippen LogP contribution < -0.4 is 4.90 Å². The van der Waals surface area contributed by atoms with E-state index in [0.717, 1.165) is 25.8 Å². The van der Waals surface area contributed by atoms with E-state index in [0.29, 0.717) is 36.3 Å². The predicted molar refractivity (Wildman–Crippen MR) is 137 cm³/mol. The number of hydrogen-bond acceptors (Lipinski definition) is 4. The number of piperazine rings is 1. The monoisotopic (exact) mass is 471 g/mol. The fraction of sp³-hybridized carbons (Fsp3) is 0.414. The highest BCUT2D eigenvalue weighted by Gasteiger charge is 2.36. The Kier molecular flexibility index (Phi) is 6.46. The van der Waals surface area contributed by atoms with Gasteiger partial charge in [-0.05, 0) is 81.8 Å². The van der Waals surface area contributed by atoms with Gasteiger partial charge in [0.25, 0.3) is 17.7 Å². The Morgan fingerprint density at radius 3 is 2.57 bits per heavy atom. The van der Waals surface area contributed by atoms with E-state index in [4.69, 9.17) is 0 Å². The van der Waals surface area contributed by atoms with Crippen molar-refractivity contribution in [1.29, 1.82) is 0 Å². The van der Waals surface area contributed by atoms with E-state index in [2.05, 4.69) is 49.1 Å². The molecule has 182 valence electrons. The van der Waals surface area contributed by atoms with Gasteiger partial charge < -0.3 is 9.80 Å². The number of carbonyl (C=O) groups excluding carboxylic acids is 3. The molecule has 2 heterocycles. The molecule has 0 spiro atoms. The number of imide groups is 1. The molecule has 1 fully saturated rings. The number of benzene rings is 2. The maximum Gasteiger partial charge on any atom is 0.261 e. The first-order valence-electron chi connectivity index (χ1n) is 12.7. The first-order chi connectivity index (χ1) is 16.9. The number of anilines is 1. The van der Waals surface area contributed by atoms with Crippen LogP contribution in [0.4, 0.5) is 5.69 Å². The summed E-state index contributed by atoms with van der Waals surface area (Å²) in [7, 11) is 0. The van der Waals surface area contributed by atoms with Crippen molar-refractivity contribution in [2.24, 2.45) is 0 Å². The molecule has 1 aliphatic carbocycles. The van der Waals surface area contributed by atoms with Crippen LogP contribution in [0.5, 0.6) is 0 Å². The third-order valence-corrected chi connectivity index (χ3v) is 7.51. The molecule has 5 rings (SSSR count). The zero-order valence-corrected chi connectivity index (χ0v) is 20.6. The van der Waals surface area contributed by atoms with Crippen LogP contribution in [0.25, 0.3) is 0 Å². The minimum atomic E-state index is -0.284. The summed E-state index contributed by atoms with van der Waals surface area (Å²) in [6.07, 6.45) is 7.51. The smallest absolute Gasteiger partial charge is 0.261 e. The summed E-state index contributed by atoms with van der Waals surface area (Å²) in [5.74, 6) is -0.621. The highest BCUT2D eigenvalue weighted by atomic mass is 16.2. The third-order valence-electron chi connectivity index (χ3n) is 7.51. The molecule has 0 radical (unpaired) electrons. The quantitative estimate of drug-likeness (QED) is 0.463. The Morgan fingerprint density at radius 1 is 1.00 bits per heavy atom. The minimum Gasteiger partial charge on any atom is -0.365 e. The Bertz CT molecular complexity index is 1200. The number of carbonyl (C=O) groups is 3. The zero-order chi connectivity index (χ0) is 24.5. The lowest BCUT2D eigenvalue weighted by Gasteiger charge is -2.41. The second kappa shape index (κ2) is 9.68. The number of allylic oxidation sites excluding steroid dienone is 1. The number of fused-ring (bicyclic) bond motifs is 1. The van der Waals surface area contributed by atoms with Gasteiger partial charge in [-0.1, -0.05) is 23.8 Å². The molecule has 0 aromatic heterocycles. The van der Waals surface area contributed by atoms with Crippen LogP contribution in [0.1, 0.15) is 75.7 Å². The van der Waals surface area contributed by atoms with Gasteiger partial charge in [0.15, 0.2) is 0 Å². The van der Waals surface area contributed by atoms with Crippen molar-refractivity contribution in [2.75, 3.05) is 31.1 Å². The topological polar surface area (TPSA) is 60.9 Å². The van der Waals surface area contributed by atoms with Gasteiger partial charge in [0.05, 0.1) is 11.1 Å². The number of aryl methyl sites for hydroxylation is 1. The molecule has 0 N–H and O–H groups in total. The van der Waals surface area contributed by atoms with Crippen molar-refractivity contribution in [3.05, 3.63) is 76.4 Å². The number of amides is 3. The van der Waals surface area contributed by atoms with Gasteiger partial charge in [-0.25, -0.2) is 0 Å². The average Bonchev–Trinajstić information content (AvgIpc) is 3.11. The lowest BCUT2D eigenvalue weighted by molar-refractivity contribution is 0.0655. The lowest BCUT2D eigenvalue weighted by atomic mass is 9.97. The Morgan fingerprint density at radius 2 is 1.83 bits per heavy atom. The molecule has 3 amide bonds. The van der Waals surface area contributed by atoms with Crippen LogP contribution in [-0.4, -0.2) is 59.7 Å². The van der Waals surface area contributed by atoms with Crippen LogP contribution in [-0.2, 0) is 0 Å². The summed E-state index contributed by atoms with van der Waals surface area (Å²) in [5.41, 5.74) is 4.96. The first kappa shape index (κ1) is 23.3. The highest BCUT2D eigenvalue weighted by molar-refractivity contribution is 6.22. The van der Waals surface area contributed by atoms with E-state index >= 15 is 0 Å². The molecule has 6 nitrogen and oxygen atoms in total. The van der Waals surface area contributed by atoms with Crippen molar-refractivity contribution in [1.82, 2.24) is 9.80 Å². The van der Waals surface area contributed by atoms with Crippen molar-refractivity contribution < 1.29 is 14.4 Å². The van der Waals surface area contributed by atoms with Crippen LogP contribution >= 0.6 is 0 Å². The molecule has 1 atom stereocenters. The summed E-state index contributed by atoms with van der Waals surface area (Å²) >= 11 is 0. The molecular formula is C29H33N3O3. The summed E-state index contributed by atoms with van der Waals surface area (Å²) in [6, 6.07) is 13.6. The van der Waals surface area contributed by atoms with Gasteiger partial charge in [-0.3, -0.25) is 19.3 Å².